The van der Waals surface area contributed by atoms with Crippen molar-refractivity contribution in [3.05, 3.63) is 34.9 Å². The minimum absolute atomic E-state index is 0.00831. The van der Waals surface area contributed by atoms with E-state index >= 15 is 0 Å². The molecule has 0 saturated heterocycles. The molecule has 39 heavy (non-hydrogen) atoms. The standard InChI is InChI=1S/C29H47N3O6S/c1-8-9-10-11-12-13-16-32(27(35)23(19-39)31-28(36)38-29(4,5)6)25(26(34)30-18-24(33)37-7)22-17-20(2)14-15-21(22)3/h14-15,17,23,25,39H,8-13,16,18-19H2,1-7H3,(H,30,34)(H,31,36). The Kier molecular flexibility index (Phi) is 15.0. The summed E-state index contributed by atoms with van der Waals surface area (Å²) < 4.78 is 10.0. The van der Waals surface area contributed by atoms with Crippen LogP contribution in [0.5, 0.6) is 0 Å². The summed E-state index contributed by atoms with van der Waals surface area (Å²) in [6.07, 6.45) is 5.21. The Morgan fingerprint density at radius 2 is 1.67 bits per heavy atom. The summed E-state index contributed by atoms with van der Waals surface area (Å²) in [6, 6.07) is 3.65. The van der Waals surface area contributed by atoms with Gasteiger partial charge in [-0.05, 0) is 52.2 Å². The topological polar surface area (TPSA) is 114 Å². The maximum Gasteiger partial charge on any atom is 0.408 e. The largest absolute Gasteiger partial charge is 0.468 e. The molecule has 0 heterocycles. The Bertz CT molecular complexity index is 963. The van der Waals surface area contributed by atoms with E-state index < -0.39 is 41.6 Å². The first-order valence-corrected chi connectivity index (χ1v) is 14.3. The second-order valence-corrected chi connectivity index (χ2v) is 11.1. The Morgan fingerprint density at radius 1 is 1.03 bits per heavy atom. The van der Waals surface area contributed by atoms with Crippen molar-refractivity contribution in [1.29, 1.82) is 0 Å². The number of nitrogens with zero attached hydrogens (tertiary/aromatic N) is 1. The molecule has 9 nitrogen and oxygen atoms in total. The van der Waals surface area contributed by atoms with Gasteiger partial charge in [0.2, 0.25) is 11.8 Å². The number of rotatable bonds is 15. The van der Waals surface area contributed by atoms with Crippen LogP contribution in [0.2, 0.25) is 0 Å². The monoisotopic (exact) mass is 565 g/mol. The molecule has 10 heteroatoms. The van der Waals surface area contributed by atoms with Crippen molar-refractivity contribution in [3.63, 3.8) is 0 Å². The number of benzene rings is 1. The van der Waals surface area contributed by atoms with Crippen molar-refractivity contribution in [3.8, 4) is 0 Å². The lowest BCUT2D eigenvalue weighted by Crippen LogP contribution is -2.54. The molecule has 0 spiro atoms. The van der Waals surface area contributed by atoms with Crippen LogP contribution < -0.4 is 10.6 Å². The van der Waals surface area contributed by atoms with E-state index in [4.69, 9.17) is 4.74 Å². The third kappa shape index (κ3) is 12.3. The van der Waals surface area contributed by atoms with Crippen LogP contribution in [-0.2, 0) is 23.9 Å². The predicted octanol–water partition coefficient (Wildman–Crippen LogP) is 4.65. The average molecular weight is 566 g/mol. The molecule has 1 aromatic rings. The van der Waals surface area contributed by atoms with Crippen LogP contribution in [0.3, 0.4) is 0 Å². The van der Waals surface area contributed by atoms with Crippen LogP contribution in [0.25, 0.3) is 0 Å². The number of carbonyl (C=O) groups is 4. The van der Waals surface area contributed by atoms with Gasteiger partial charge < -0.3 is 25.0 Å². The molecule has 220 valence electrons. The van der Waals surface area contributed by atoms with Crippen LogP contribution in [-0.4, -0.2) is 66.4 Å². The first-order chi connectivity index (χ1) is 18.3. The number of carbonyl (C=O) groups excluding carboxylic acids is 4. The second-order valence-electron chi connectivity index (χ2n) is 10.7. The van der Waals surface area contributed by atoms with Crippen molar-refractivity contribution >= 4 is 36.5 Å². The van der Waals surface area contributed by atoms with Gasteiger partial charge in [0.05, 0.1) is 7.11 Å². The number of amides is 3. The van der Waals surface area contributed by atoms with Gasteiger partial charge in [0.25, 0.3) is 0 Å². The Labute approximate surface area is 239 Å². The van der Waals surface area contributed by atoms with E-state index in [1.54, 1.807) is 20.8 Å². The zero-order chi connectivity index (χ0) is 29.6. The lowest BCUT2D eigenvalue weighted by molar-refractivity contribution is -0.144. The predicted molar refractivity (Wildman–Crippen MR) is 156 cm³/mol. The number of aryl methyl sites for hydroxylation is 2. The maximum absolute atomic E-state index is 14.0. The van der Waals surface area contributed by atoms with Crippen LogP contribution >= 0.6 is 12.6 Å². The number of hydrogen-bond donors (Lipinski definition) is 3. The quantitative estimate of drug-likeness (QED) is 0.162. The molecule has 0 fully saturated rings. The molecule has 0 radical (unpaired) electrons. The van der Waals surface area contributed by atoms with E-state index in [1.165, 1.54) is 12.0 Å². The molecule has 3 amide bonds. The highest BCUT2D eigenvalue weighted by atomic mass is 32.1. The van der Waals surface area contributed by atoms with Gasteiger partial charge in [-0.1, -0.05) is 62.8 Å². The third-order valence-corrected chi connectivity index (χ3v) is 6.50. The Hall–Kier alpha value is -2.75. The maximum atomic E-state index is 14.0. The van der Waals surface area contributed by atoms with E-state index in [0.717, 1.165) is 43.2 Å². The summed E-state index contributed by atoms with van der Waals surface area (Å²) in [5.74, 6) is -1.56. The summed E-state index contributed by atoms with van der Waals surface area (Å²) in [4.78, 5) is 53.4. The molecule has 2 unspecified atom stereocenters. The Balaban J connectivity index is 3.43. The van der Waals surface area contributed by atoms with Crippen LogP contribution in [0.1, 0.15) is 89.0 Å². The van der Waals surface area contributed by atoms with Gasteiger partial charge in [0.15, 0.2) is 0 Å². The first kappa shape index (κ1) is 34.3. The molecule has 2 atom stereocenters. The Morgan fingerprint density at radius 3 is 2.26 bits per heavy atom. The van der Waals surface area contributed by atoms with Gasteiger partial charge in [0.1, 0.15) is 24.2 Å². The zero-order valence-corrected chi connectivity index (χ0v) is 25.5. The van der Waals surface area contributed by atoms with Gasteiger partial charge in [-0.25, -0.2) is 4.79 Å². The fraction of sp³-hybridized carbons (Fsp3) is 0.655. The van der Waals surface area contributed by atoms with Crippen molar-refractivity contribution in [2.24, 2.45) is 0 Å². The van der Waals surface area contributed by atoms with Gasteiger partial charge in [0, 0.05) is 12.3 Å². The van der Waals surface area contributed by atoms with Crippen LogP contribution in [0, 0.1) is 13.8 Å². The lowest BCUT2D eigenvalue weighted by atomic mass is 9.96. The summed E-state index contributed by atoms with van der Waals surface area (Å²) in [5.41, 5.74) is 1.64. The molecule has 1 aromatic carbocycles. The number of esters is 1. The normalized spacial score (nSPS) is 12.7. The van der Waals surface area contributed by atoms with Crippen molar-refractivity contribution in [1.82, 2.24) is 15.5 Å². The highest BCUT2D eigenvalue weighted by Crippen LogP contribution is 2.27. The number of methoxy groups -OCH3 is 1. The summed E-state index contributed by atoms with van der Waals surface area (Å²) in [6.45, 7) is 11.1. The highest BCUT2D eigenvalue weighted by Gasteiger charge is 2.36. The molecule has 0 saturated carbocycles. The van der Waals surface area contributed by atoms with E-state index in [2.05, 4.69) is 34.9 Å². The molecule has 0 bridgehead atoms. The van der Waals surface area contributed by atoms with Gasteiger partial charge in [-0.15, -0.1) is 0 Å². The van der Waals surface area contributed by atoms with E-state index in [0.29, 0.717) is 12.0 Å². The molecule has 1 rings (SSSR count). The number of unbranched alkanes of at least 4 members (excludes halogenated alkanes) is 5. The summed E-state index contributed by atoms with van der Waals surface area (Å²) >= 11 is 4.33. The number of thiol groups is 1. The highest BCUT2D eigenvalue weighted by molar-refractivity contribution is 7.80. The smallest absolute Gasteiger partial charge is 0.408 e. The fourth-order valence-corrected chi connectivity index (χ4v) is 4.35. The van der Waals surface area contributed by atoms with Gasteiger partial charge >= 0.3 is 12.1 Å². The van der Waals surface area contributed by atoms with E-state index in [9.17, 15) is 19.2 Å². The van der Waals surface area contributed by atoms with Crippen molar-refractivity contribution in [2.45, 2.75) is 97.8 Å². The van der Waals surface area contributed by atoms with Crippen LogP contribution in [0.4, 0.5) is 4.79 Å². The molecule has 0 aromatic heterocycles. The minimum atomic E-state index is -1.03. The molecule has 0 aliphatic heterocycles. The number of nitrogens with one attached hydrogen (secondary N) is 2. The first-order valence-electron chi connectivity index (χ1n) is 13.7. The molecule has 0 aliphatic carbocycles. The van der Waals surface area contributed by atoms with E-state index in [-0.39, 0.29) is 18.8 Å². The van der Waals surface area contributed by atoms with Crippen molar-refractivity contribution < 1.29 is 28.7 Å². The lowest BCUT2D eigenvalue weighted by Gasteiger charge is -2.35. The number of alkyl carbamates (subject to hydrolysis) is 1. The molecular formula is C29H47N3O6S. The minimum Gasteiger partial charge on any atom is -0.468 e. The molecule has 2 N–H and O–H groups in total. The number of hydrogen-bond acceptors (Lipinski definition) is 7. The third-order valence-electron chi connectivity index (χ3n) is 6.13. The van der Waals surface area contributed by atoms with Crippen LogP contribution in [0.15, 0.2) is 18.2 Å². The fourth-order valence-electron chi connectivity index (χ4n) is 4.10. The zero-order valence-electron chi connectivity index (χ0n) is 24.6. The van der Waals surface area contributed by atoms with E-state index in [1.807, 2.05) is 32.0 Å². The second kappa shape index (κ2) is 17.0. The summed E-state index contributed by atoms with van der Waals surface area (Å²) in [7, 11) is 1.24. The van der Waals surface area contributed by atoms with Gasteiger partial charge in [-0.2, -0.15) is 12.6 Å². The van der Waals surface area contributed by atoms with Crippen molar-refractivity contribution in [2.75, 3.05) is 26.0 Å². The molecular weight excluding hydrogens is 518 g/mol. The average Bonchev–Trinajstić information content (AvgIpc) is 2.87. The van der Waals surface area contributed by atoms with Gasteiger partial charge in [-0.3, -0.25) is 14.4 Å². The SMILES string of the molecule is CCCCCCCCN(C(=O)C(CS)NC(=O)OC(C)(C)C)C(C(=O)NCC(=O)OC)c1cc(C)ccc1C. The molecule has 0 aliphatic rings. The summed E-state index contributed by atoms with van der Waals surface area (Å²) in [5, 5.41) is 5.24. The number of ether oxygens (including phenoxy) is 2.